The van der Waals surface area contributed by atoms with E-state index in [2.05, 4.69) is 4.72 Å². The van der Waals surface area contributed by atoms with E-state index in [1.54, 1.807) is 0 Å². The first-order valence-corrected chi connectivity index (χ1v) is 7.90. The van der Waals surface area contributed by atoms with Crippen molar-refractivity contribution < 1.29 is 8.42 Å². The highest BCUT2D eigenvalue weighted by Gasteiger charge is 2.33. The van der Waals surface area contributed by atoms with E-state index in [1.165, 1.54) is 12.8 Å². The zero-order valence-electron chi connectivity index (χ0n) is 10.2. The van der Waals surface area contributed by atoms with Gasteiger partial charge in [-0.15, -0.1) is 0 Å². The van der Waals surface area contributed by atoms with Crippen LogP contribution in [-0.2, 0) is 10.0 Å². The molecular formula is C11H24N2O2S. The average Bonchev–Trinajstić information content (AvgIpc) is 2.43. The molecule has 0 amide bonds. The molecule has 1 saturated carbocycles. The second kappa shape index (κ2) is 5.98. The Morgan fingerprint density at radius 2 is 1.75 bits per heavy atom. The molecule has 0 atom stereocenters. The molecule has 3 N–H and O–H groups in total. The molecule has 0 aromatic carbocycles. The fourth-order valence-corrected chi connectivity index (χ4v) is 3.99. The smallest absolute Gasteiger partial charge is 0.212 e. The molecule has 1 rings (SSSR count). The van der Waals surface area contributed by atoms with E-state index >= 15 is 0 Å². The fraction of sp³-hybridized carbons (Fsp3) is 1.00. The van der Waals surface area contributed by atoms with Crippen LogP contribution in [0.4, 0.5) is 0 Å². The zero-order valence-corrected chi connectivity index (χ0v) is 11.0. The van der Waals surface area contributed by atoms with E-state index < -0.39 is 10.0 Å². The van der Waals surface area contributed by atoms with E-state index in [0.717, 1.165) is 25.7 Å². The maximum atomic E-state index is 11.8. The van der Waals surface area contributed by atoms with Gasteiger partial charge in [-0.05, 0) is 19.3 Å². The average molecular weight is 248 g/mol. The van der Waals surface area contributed by atoms with Crippen LogP contribution >= 0.6 is 0 Å². The van der Waals surface area contributed by atoms with Crippen molar-refractivity contribution >= 4 is 10.0 Å². The van der Waals surface area contributed by atoms with E-state index in [-0.39, 0.29) is 11.3 Å². The molecule has 0 spiro atoms. The summed E-state index contributed by atoms with van der Waals surface area (Å²) in [4.78, 5) is 0. The summed E-state index contributed by atoms with van der Waals surface area (Å²) in [6.07, 6.45) is 6.95. The predicted molar refractivity (Wildman–Crippen MR) is 66.7 cm³/mol. The van der Waals surface area contributed by atoms with Gasteiger partial charge in [-0.1, -0.05) is 32.6 Å². The van der Waals surface area contributed by atoms with Crippen LogP contribution in [0.3, 0.4) is 0 Å². The van der Waals surface area contributed by atoms with Crippen LogP contribution in [-0.4, -0.2) is 26.3 Å². The van der Waals surface area contributed by atoms with Gasteiger partial charge in [-0.3, -0.25) is 0 Å². The third kappa shape index (κ3) is 4.03. The lowest BCUT2D eigenvalue weighted by Gasteiger charge is -2.32. The standard InChI is InChI=1S/C11H24N2O2S/c1-2-9-16(14,15)13-11(10-12)7-5-3-4-6-8-11/h13H,2-10,12H2,1H3. The first-order chi connectivity index (χ1) is 7.54. The lowest BCUT2D eigenvalue weighted by Crippen LogP contribution is -2.53. The van der Waals surface area contributed by atoms with E-state index in [4.69, 9.17) is 5.73 Å². The number of nitrogens with one attached hydrogen (secondary N) is 1. The summed E-state index contributed by atoms with van der Waals surface area (Å²) in [5, 5.41) is 0. The van der Waals surface area contributed by atoms with Crippen molar-refractivity contribution in [3.8, 4) is 0 Å². The van der Waals surface area contributed by atoms with Gasteiger partial charge in [-0.25, -0.2) is 13.1 Å². The van der Waals surface area contributed by atoms with Crippen molar-refractivity contribution in [1.29, 1.82) is 0 Å². The molecule has 0 aromatic rings. The summed E-state index contributed by atoms with van der Waals surface area (Å²) in [5.74, 6) is 0.203. The molecule has 0 unspecified atom stereocenters. The summed E-state index contributed by atoms with van der Waals surface area (Å²) >= 11 is 0. The van der Waals surface area contributed by atoms with Gasteiger partial charge < -0.3 is 5.73 Å². The van der Waals surface area contributed by atoms with Crippen LogP contribution in [0, 0.1) is 0 Å². The first-order valence-electron chi connectivity index (χ1n) is 6.25. The summed E-state index contributed by atoms with van der Waals surface area (Å²) in [6.45, 7) is 2.29. The van der Waals surface area contributed by atoms with Crippen LogP contribution in [0.25, 0.3) is 0 Å². The topological polar surface area (TPSA) is 72.2 Å². The highest BCUT2D eigenvalue weighted by molar-refractivity contribution is 7.89. The van der Waals surface area contributed by atoms with Crippen LogP contribution in [0.1, 0.15) is 51.9 Å². The molecule has 0 aromatic heterocycles. The number of hydrogen-bond acceptors (Lipinski definition) is 3. The number of sulfonamides is 1. The van der Waals surface area contributed by atoms with E-state index in [0.29, 0.717) is 13.0 Å². The Kier molecular flexibility index (Phi) is 5.21. The SMILES string of the molecule is CCCS(=O)(=O)NC1(CN)CCCCCC1. The molecular weight excluding hydrogens is 224 g/mol. The summed E-state index contributed by atoms with van der Waals surface area (Å²) in [5.41, 5.74) is 5.41. The van der Waals surface area contributed by atoms with Crippen molar-refractivity contribution in [2.24, 2.45) is 5.73 Å². The number of rotatable bonds is 5. The normalized spacial score (nSPS) is 21.6. The Hall–Kier alpha value is -0.130. The van der Waals surface area contributed by atoms with E-state index in [9.17, 15) is 8.42 Å². The molecule has 16 heavy (non-hydrogen) atoms. The maximum Gasteiger partial charge on any atom is 0.212 e. The van der Waals surface area contributed by atoms with Crippen LogP contribution in [0.15, 0.2) is 0 Å². The van der Waals surface area contributed by atoms with Crippen molar-refractivity contribution in [2.75, 3.05) is 12.3 Å². The fourth-order valence-electron chi connectivity index (χ4n) is 2.40. The van der Waals surface area contributed by atoms with Crippen molar-refractivity contribution in [1.82, 2.24) is 4.72 Å². The monoisotopic (exact) mass is 248 g/mol. The third-order valence-corrected chi connectivity index (χ3v) is 4.99. The third-order valence-electron chi connectivity index (χ3n) is 3.30. The van der Waals surface area contributed by atoms with Gasteiger partial charge in [-0.2, -0.15) is 0 Å². The molecule has 0 bridgehead atoms. The van der Waals surface area contributed by atoms with Gasteiger partial charge in [0.1, 0.15) is 0 Å². The minimum absolute atomic E-state index is 0.203. The van der Waals surface area contributed by atoms with Crippen molar-refractivity contribution in [2.45, 2.75) is 57.4 Å². The molecule has 0 radical (unpaired) electrons. The van der Waals surface area contributed by atoms with Crippen molar-refractivity contribution in [3.05, 3.63) is 0 Å². The van der Waals surface area contributed by atoms with Crippen LogP contribution < -0.4 is 10.5 Å². The molecule has 1 aliphatic carbocycles. The van der Waals surface area contributed by atoms with Gasteiger partial charge in [0.15, 0.2) is 0 Å². The van der Waals surface area contributed by atoms with E-state index in [1.807, 2.05) is 6.92 Å². The molecule has 0 aliphatic heterocycles. The summed E-state index contributed by atoms with van der Waals surface area (Å²) in [7, 11) is -3.15. The highest BCUT2D eigenvalue weighted by Crippen LogP contribution is 2.27. The Morgan fingerprint density at radius 3 is 2.19 bits per heavy atom. The van der Waals surface area contributed by atoms with Crippen molar-refractivity contribution in [3.63, 3.8) is 0 Å². The Balaban J connectivity index is 2.71. The van der Waals surface area contributed by atoms with Gasteiger partial charge in [0.05, 0.1) is 5.75 Å². The first kappa shape index (κ1) is 13.9. The molecule has 1 aliphatic rings. The summed E-state index contributed by atoms with van der Waals surface area (Å²) < 4.78 is 26.5. The largest absolute Gasteiger partial charge is 0.329 e. The number of nitrogens with two attached hydrogens (primary N) is 1. The quantitative estimate of drug-likeness (QED) is 0.722. The van der Waals surface area contributed by atoms with Gasteiger partial charge in [0.2, 0.25) is 10.0 Å². The molecule has 5 heteroatoms. The minimum Gasteiger partial charge on any atom is -0.329 e. The van der Waals surface area contributed by atoms with Gasteiger partial charge in [0, 0.05) is 12.1 Å². The molecule has 0 heterocycles. The second-order valence-electron chi connectivity index (χ2n) is 4.82. The Morgan fingerprint density at radius 1 is 1.19 bits per heavy atom. The van der Waals surface area contributed by atoms with Gasteiger partial charge in [0.25, 0.3) is 0 Å². The Labute approximate surface area is 99.0 Å². The molecule has 96 valence electrons. The summed E-state index contributed by atoms with van der Waals surface area (Å²) in [6, 6.07) is 0. The maximum absolute atomic E-state index is 11.8. The zero-order chi connectivity index (χ0) is 12.1. The molecule has 1 fully saturated rings. The molecule has 0 saturated heterocycles. The minimum atomic E-state index is -3.15. The van der Waals surface area contributed by atoms with Crippen LogP contribution in [0.5, 0.6) is 0 Å². The lowest BCUT2D eigenvalue weighted by atomic mass is 9.92. The Bertz CT molecular complexity index is 293. The highest BCUT2D eigenvalue weighted by atomic mass is 32.2. The lowest BCUT2D eigenvalue weighted by molar-refractivity contribution is 0.342. The number of hydrogen-bond donors (Lipinski definition) is 2. The predicted octanol–water partition coefficient (Wildman–Crippen LogP) is 1.37. The van der Waals surface area contributed by atoms with Crippen LogP contribution in [0.2, 0.25) is 0 Å². The molecule has 4 nitrogen and oxygen atoms in total. The van der Waals surface area contributed by atoms with Gasteiger partial charge >= 0.3 is 0 Å². The second-order valence-corrected chi connectivity index (χ2v) is 6.66.